The smallest absolute Gasteiger partial charge is 0.387 e. The van der Waals surface area contributed by atoms with Crippen LogP contribution in [0.25, 0.3) is 0 Å². The van der Waals surface area contributed by atoms with Crippen LogP contribution in [0.2, 0.25) is 18.1 Å². The van der Waals surface area contributed by atoms with Crippen LogP contribution >= 0.6 is 0 Å². The topological polar surface area (TPSA) is 20.2 Å². The van der Waals surface area contributed by atoms with Gasteiger partial charge in [0.1, 0.15) is 5.22 Å². The quantitative estimate of drug-likeness (QED) is 0.195. The van der Waals surface area contributed by atoms with E-state index in [9.17, 15) is 71.0 Å². The molecule has 0 aliphatic heterocycles. The summed E-state index contributed by atoms with van der Waals surface area (Å²) in [6.07, 6.45) is -10.1. The molecule has 0 saturated heterocycles. The minimum absolute atomic E-state index is 0.704. The van der Waals surface area contributed by atoms with E-state index in [-0.39, 0.29) is 0 Å². The van der Waals surface area contributed by atoms with Crippen LogP contribution in [0.3, 0.4) is 0 Å². The largest absolute Gasteiger partial charge is 0.460 e. The molecule has 1 N–H and O–H groups in total. The lowest BCUT2D eigenvalue weighted by atomic mass is 9.86. The van der Waals surface area contributed by atoms with Crippen molar-refractivity contribution in [2.45, 2.75) is 112 Å². The Morgan fingerprint density at radius 2 is 0.730 bits per heavy atom. The van der Waals surface area contributed by atoms with E-state index >= 15 is 8.78 Å². The first-order valence-corrected chi connectivity index (χ1v) is 13.0. The molecule has 0 aliphatic carbocycles. The van der Waals surface area contributed by atoms with Gasteiger partial charge in [0.15, 0.2) is 0 Å². The summed E-state index contributed by atoms with van der Waals surface area (Å²) < 4.78 is 232. The average molecular weight is 606 g/mol. The third-order valence-electron chi connectivity index (χ3n) is 6.76. The van der Waals surface area contributed by atoms with E-state index in [1.165, 1.54) is 0 Å². The van der Waals surface area contributed by atoms with Gasteiger partial charge in [-0.25, -0.2) is 0 Å². The minimum Gasteiger partial charge on any atom is -0.387 e. The Bertz CT molecular complexity index is 825. The van der Waals surface area contributed by atoms with E-state index in [0.717, 1.165) is 27.7 Å². The summed E-state index contributed by atoms with van der Waals surface area (Å²) in [5.41, 5.74) is 0. The van der Waals surface area contributed by atoms with Gasteiger partial charge in [0.05, 0.1) is 8.07 Å². The van der Waals surface area contributed by atoms with Crippen molar-refractivity contribution in [3.05, 3.63) is 0 Å². The van der Waals surface area contributed by atoms with Crippen molar-refractivity contribution in [1.82, 2.24) is 0 Å². The van der Waals surface area contributed by atoms with Crippen molar-refractivity contribution in [3.63, 3.8) is 0 Å². The first-order valence-electron chi connectivity index (χ1n) is 10.00. The molecule has 1 atom stereocenters. The predicted octanol–water partition coefficient (Wildman–Crippen LogP) is 8.57. The average Bonchev–Trinajstić information content (AvgIpc) is 2.64. The zero-order valence-electron chi connectivity index (χ0n) is 19.8. The molecule has 0 amide bonds. The summed E-state index contributed by atoms with van der Waals surface area (Å²) >= 11 is 0. The molecule has 224 valence electrons. The number of halogens is 17. The molecule has 0 aliphatic rings. The molecule has 0 spiro atoms. The molecule has 0 aromatic heterocycles. The van der Waals surface area contributed by atoms with Gasteiger partial charge in [0.2, 0.25) is 0 Å². The molecular weight excluding hydrogens is 583 g/mol. The molecule has 0 radical (unpaired) electrons. The van der Waals surface area contributed by atoms with Crippen LogP contribution < -0.4 is 0 Å². The fraction of sp³-hybridized carbons (Fsp3) is 1.00. The molecule has 37 heavy (non-hydrogen) atoms. The third kappa shape index (κ3) is 4.40. The Morgan fingerprint density at radius 3 is 0.946 bits per heavy atom. The highest BCUT2D eigenvalue weighted by Crippen LogP contribution is 2.66. The zero-order valence-corrected chi connectivity index (χ0v) is 20.8. The van der Waals surface area contributed by atoms with Gasteiger partial charge in [0.25, 0.3) is 0 Å². The molecule has 0 aromatic rings. The molecule has 1 nitrogen and oxygen atoms in total. The molecule has 19 heteroatoms. The Labute approximate surface area is 200 Å². The van der Waals surface area contributed by atoms with Crippen molar-refractivity contribution < 1.29 is 79.7 Å². The standard InChI is InChI=1S/C18H23F17OSi/c1-7-8-10(36,37(5,6)9(2,3)4)11(19,20)12(21,22)13(23,24)14(25,26)15(27,28)16(29,30)17(31,32)18(33,34)35/h36H,7-8H2,1-6H3. The Hall–Kier alpha value is -1.01. The van der Waals surface area contributed by atoms with E-state index in [1.807, 2.05) is 0 Å². The van der Waals surface area contributed by atoms with Crippen LogP contribution in [-0.4, -0.2) is 66.0 Å². The molecule has 0 aromatic carbocycles. The van der Waals surface area contributed by atoms with Gasteiger partial charge in [0, 0.05) is 0 Å². The second-order valence-electron chi connectivity index (χ2n) is 10.0. The predicted molar refractivity (Wildman–Crippen MR) is 97.7 cm³/mol. The van der Waals surface area contributed by atoms with Crippen molar-refractivity contribution in [3.8, 4) is 0 Å². The number of rotatable bonds is 10. The summed E-state index contributed by atoms with van der Waals surface area (Å²) in [7, 11) is -4.56. The highest BCUT2D eigenvalue weighted by molar-refractivity contribution is 6.83. The second-order valence-corrected chi connectivity index (χ2v) is 15.6. The number of aliphatic hydroxyl groups is 1. The van der Waals surface area contributed by atoms with E-state index in [1.54, 1.807) is 0 Å². The van der Waals surface area contributed by atoms with Crippen molar-refractivity contribution in [2.24, 2.45) is 0 Å². The van der Waals surface area contributed by atoms with Crippen LogP contribution in [0.15, 0.2) is 0 Å². The molecular formula is C18H23F17OSi. The normalized spacial score (nSPS) is 18.2. The fourth-order valence-corrected chi connectivity index (χ4v) is 6.33. The number of hydrogen-bond acceptors (Lipinski definition) is 1. The highest BCUT2D eigenvalue weighted by Gasteiger charge is 2.96. The molecule has 0 saturated carbocycles. The lowest BCUT2D eigenvalue weighted by Gasteiger charge is -2.54. The van der Waals surface area contributed by atoms with E-state index in [0.29, 0.717) is 13.1 Å². The van der Waals surface area contributed by atoms with Crippen molar-refractivity contribution >= 4 is 8.07 Å². The first-order chi connectivity index (χ1) is 15.6. The van der Waals surface area contributed by atoms with Crippen molar-refractivity contribution in [1.29, 1.82) is 0 Å². The van der Waals surface area contributed by atoms with E-state index in [4.69, 9.17) is 0 Å². The van der Waals surface area contributed by atoms with Crippen LogP contribution in [0.4, 0.5) is 74.6 Å². The maximum absolute atomic E-state index is 15.1. The monoisotopic (exact) mass is 606 g/mol. The summed E-state index contributed by atoms with van der Waals surface area (Å²) in [4.78, 5) is 0. The van der Waals surface area contributed by atoms with Gasteiger partial charge < -0.3 is 5.11 Å². The van der Waals surface area contributed by atoms with Gasteiger partial charge >= 0.3 is 47.6 Å². The molecule has 0 rings (SSSR count). The summed E-state index contributed by atoms with van der Waals surface area (Å²) in [6.45, 7) is 5.44. The molecule has 1 unspecified atom stereocenters. The van der Waals surface area contributed by atoms with Crippen LogP contribution in [0.1, 0.15) is 40.5 Å². The summed E-state index contributed by atoms with van der Waals surface area (Å²) in [5.74, 6) is -57.3. The molecule has 0 bridgehead atoms. The highest BCUT2D eigenvalue weighted by atomic mass is 28.3. The summed E-state index contributed by atoms with van der Waals surface area (Å²) in [6, 6.07) is 0. The fourth-order valence-electron chi connectivity index (χ4n) is 3.27. The third-order valence-corrected chi connectivity index (χ3v) is 13.1. The van der Waals surface area contributed by atoms with Crippen molar-refractivity contribution in [2.75, 3.05) is 0 Å². The second kappa shape index (κ2) is 9.01. The van der Waals surface area contributed by atoms with Gasteiger partial charge in [-0.15, -0.1) is 0 Å². The summed E-state index contributed by atoms with van der Waals surface area (Å²) in [5, 5.41) is 4.62. The maximum Gasteiger partial charge on any atom is 0.460 e. The van der Waals surface area contributed by atoms with Crippen LogP contribution in [-0.2, 0) is 0 Å². The lowest BCUT2D eigenvalue weighted by Crippen LogP contribution is -2.79. The van der Waals surface area contributed by atoms with Gasteiger partial charge in [-0.1, -0.05) is 47.2 Å². The minimum atomic E-state index is -8.69. The lowest BCUT2D eigenvalue weighted by molar-refractivity contribution is -0.465. The Balaban J connectivity index is 7.36. The maximum atomic E-state index is 15.1. The molecule has 0 fully saturated rings. The van der Waals surface area contributed by atoms with Crippen LogP contribution in [0, 0.1) is 0 Å². The first kappa shape index (κ1) is 36.0. The van der Waals surface area contributed by atoms with E-state index in [2.05, 4.69) is 0 Å². The van der Waals surface area contributed by atoms with Gasteiger partial charge in [-0.2, -0.15) is 74.6 Å². The Kier molecular flexibility index (Phi) is 8.76. The SMILES string of the molecule is CCCC(O)(C(F)(F)C(F)(F)C(F)(F)C(F)(F)C(F)(F)C(F)(F)C(F)(F)C(F)(F)F)[Si](C)(C)C(C)(C)C. The van der Waals surface area contributed by atoms with Gasteiger partial charge in [-0.05, 0) is 11.5 Å². The van der Waals surface area contributed by atoms with Gasteiger partial charge in [-0.3, -0.25) is 0 Å². The van der Waals surface area contributed by atoms with Crippen LogP contribution in [0.5, 0.6) is 0 Å². The Morgan fingerprint density at radius 1 is 0.486 bits per heavy atom. The number of hydrogen-bond donors (Lipinski definition) is 1. The molecule has 0 heterocycles. The van der Waals surface area contributed by atoms with E-state index < -0.39 is 78.8 Å². The number of alkyl halides is 17. The zero-order chi connectivity index (χ0) is 30.9.